The summed E-state index contributed by atoms with van der Waals surface area (Å²) in [4.78, 5) is 22.6. The number of rotatable bonds is 18. The van der Waals surface area contributed by atoms with Crippen LogP contribution < -0.4 is 15.2 Å². The van der Waals surface area contributed by atoms with Gasteiger partial charge in [-0.3, -0.25) is 4.98 Å². The van der Waals surface area contributed by atoms with Crippen molar-refractivity contribution in [3.63, 3.8) is 0 Å². The number of benzene rings is 2. The molecule has 0 fully saturated rings. The Balaban J connectivity index is 1.28. The smallest absolute Gasteiger partial charge is 0.353 e. The van der Waals surface area contributed by atoms with E-state index in [1.165, 1.54) is 11.1 Å². The molecule has 8 heteroatoms. The Bertz CT molecular complexity index is 981. The van der Waals surface area contributed by atoms with Gasteiger partial charge in [-0.1, -0.05) is 60.7 Å². The number of hydrogen-bond donors (Lipinski definition) is 1. The predicted octanol–water partition coefficient (Wildman–Crippen LogP) is 5.47. The molecule has 0 spiro atoms. The van der Waals surface area contributed by atoms with Crippen LogP contribution in [0.25, 0.3) is 0 Å². The van der Waals surface area contributed by atoms with E-state index in [2.05, 4.69) is 39.2 Å². The zero-order valence-electron chi connectivity index (χ0n) is 21.9. The fourth-order valence-electron chi connectivity index (χ4n) is 3.74. The van der Waals surface area contributed by atoms with Gasteiger partial charge < -0.3 is 18.9 Å². The molecular formula is C29H39N3O5. The van der Waals surface area contributed by atoms with Crippen molar-refractivity contribution in [3.05, 3.63) is 82.3 Å². The molecule has 1 N–H and O–H groups in total. The molecule has 2 unspecified atom stereocenters. The van der Waals surface area contributed by atoms with E-state index in [1.807, 2.05) is 50.2 Å². The average Bonchev–Trinajstić information content (AvgIpc) is 2.89. The van der Waals surface area contributed by atoms with E-state index < -0.39 is 5.69 Å². The molecule has 1 heterocycles. The van der Waals surface area contributed by atoms with Crippen molar-refractivity contribution < 1.29 is 18.9 Å². The van der Waals surface area contributed by atoms with Gasteiger partial charge in [0.2, 0.25) is 0 Å². The number of ether oxygens (including phenoxy) is 4. The lowest BCUT2D eigenvalue weighted by Crippen LogP contribution is -2.22. The normalized spacial score (nSPS) is 12.7. The molecule has 1 aromatic heterocycles. The number of nitrogens with one attached hydrogen (secondary N) is 1. The monoisotopic (exact) mass is 509 g/mol. The van der Waals surface area contributed by atoms with Gasteiger partial charge in [0.05, 0.1) is 25.4 Å². The molecule has 0 aliphatic carbocycles. The minimum Gasteiger partial charge on any atom is -0.462 e. The molecule has 37 heavy (non-hydrogen) atoms. The van der Waals surface area contributed by atoms with Gasteiger partial charge in [-0.05, 0) is 63.5 Å². The zero-order chi connectivity index (χ0) is 26.1. The van der Waals surface area contributed by atoms with Crippen molar-refractivity contribution in [2.45, 2.75) is 77.8 Å². The third kappa shape index (κ3) is 12.0. The molecule has 2 aromatic carbocycles. The number of H-pyrrole nitrogens is 1. The van der Waals surface area contributed by atoms with Crippen LogP contribution in [-0.2, 0) is 22.7 Å². The zero-order valence-corrected chi connectivity index (χ0v) is 21.9. The van der Waals surface area contributed by atoms with E-state index in [0.29, 0.717) is 26.4 Å². The van der Waals surface area contributed by atoms with Gasteiger partial charge in [-0.15, -0.1) is 9.97 Å². The van der Waals surface area contributed by atoms with E-state index in [1.54, 1.807) is 0 Å². The molecule has 0 aliphatic heterocycles. The largest absolute Gasteiger partial charge is 0.462 e. The Morgan fingerprint density at radius 3 is 1.76 bits per heavy atom. The van der Waals surface area contributed by atoms with Crippen molar-refractivity contribution in [2.24, 2.45) is 0 Å². The van der Waals surface area contributed by atoms with Crippen LogP contribution in [0.15, 0.2) is 65.5 Å². The van der Waals surface area contributed by atoms with Gasteiger partial charge in [0, 0.05) is 13.2 Å². The maximum Gasteiger partial charge on any atom is 0.353 e. The summed E-state index contributed by atoms with van der Waals surface area (Å²) in [6.45, 7) is 6.53. The molecule has 0 saturated carbocycles. The van der Waals surface area contributed by atoms with Crippen LogP contribution in [0.5, 0.6) is 12.0 Å². The van der Waals surface area contributed by atoms with E-state index in [-0.39, 0.29) is 24.2 Å². The van der Waals surface area contributed by atoms with Gasteiger partial charge in [0.15, 0.2) is 0 Å². The van der Waals surface area contributed by atoms with Gasteiger partial charge in [-0.25, -0.2) is 4.79 Å². The van der Waals surface area contributed by atoms with Gasteiger partial charge in [-0.2, -0.15) is 0 Å². The summed E-state index contributed by atoms with van der Waals surface area (Å²) in [7, 11) is 0. The van der Waals surface area contributed by atoms with Crippen molar-refractivity contribution in [3.8, 4) is 12.0 Å². The quantitative estimate of drug-likeness (QED) is 0.227. The second-order valence-electron chi connectivity index (χ2n) is 9.17. The summed E-state index contributed by atoms with van der Waals surface area (Å²) in [5, 5.41) is 0. The van der Waals surface area contributed by atoms with Crippen LogP contribution in [0.2, 0.25) is 0 Å². The lowest BCUT2D eigenvalue weighted by molar-refractivity contribution is 0.111. The molecular weight excluding hydrogens is 470 g/mol. The van der Waals surface area contributed by atoms with E-state index in [9.17, 15) is 4.79 Å². The van der Waals surface area contributed by atoms with Crippen molar-refractivity contribution in [1.29, 1.82) is 0 Å². The Morgan fingerprint density at radius 1 is 0.703 bits per heavy atom. The Kier molecular flexibility index (Phi) is 12.6. The molecule has 0 amide bonds. The SMILES string of the molecule is CC(CCCCOCc1ccccc1)Oc1nc(OC(C)CCCCOCc2ccccc2)[nH]c(=O)n1. The summed E-state index contributed by atoms with van der Waals surface area (Å²) in [5.74, 6) is 0. The first-order valence-corrected chi connectivity index (χ1v) is 13.1. The molecule has 0 aliphatic rings. The first kappa shape index (κ1) is 28.3. The van der Waals surface area contributed by atoms with Gasteiger partial charge in [0.1, 0.15) is 0 Å². The molecule has 3 aromatic rings. The number of unbranched alkanes of at least 4 members (excludes halogenated alkanes) is 2. The summed E-state index contributed by atoms with van der Waals surface area (Å²) in [5.41, 5.74) is 1.81. The van der Waals surface area contributed by atoms with Gasteiger partial charge in [0.25, 0.3) is 0 Å². The third-order valence-corrected chi connectivity index (χ3v) is 5.75. The first-order valence-electron chi connectivity index (χ1n) is 13.1. The molecule has 0 saturated heterocycles. The Hall–Kier alpha value is -3.23. The molecule has 8 nitrogen and oxygen atoms in total. The predicted molar refractivity (Wildman–Crippen MR) is 143 cm³/mol. The second-order valence-corrected chi connectivity index (χ2v) is 9.17. The second kappa shape index (κ2) is 16.5. The van der Waals surface area contributed by atoms with E-state index in [0.717, 1.165) is 38.5 Å². The van der Waals surface area contributed by atoms with Crippen LogP contribution in [0.4, 0.5) is 0 Å². The maximum atomic E-state index is 12.0. The average molecular weight is 510 g/mol. The topological polar surface area (TPSA) is 95.6 Å². The number of aromatic amines is 1. The Labute approximate surface area is 219 Å². The van der Waals surface area contributed by atoms with Crippen molar-refractivity contribution in [1.82, 2.24) is 15.0 Å². The molecule has 3 rings (SSSR count). The Morgan fingerprint density at radius 2 is 1.22 bits per heavy atom. The van der Waals surface area contributed by atoms with Crippen LogP contribution in [0.1, 0.15) is 63.5 Å². The molecule has 200 valence electrons. The van der Waals surface area contributed by atoms with Gasteiger partial charge >= 0.3 is 17.7 Å². The van der Waals surface area contributed by atoms with Crippen LogP contribution in [0, 0.1) is 0 Å². The summed E-state index contributed by atoms with van der Waals surface area (Å²) in [6.07, 6.45) is 5.14. The van der Waals surface area contributed by atoms with E-state index >= 15 is 0 Å². The molecule has 0 bridgehead atoms. The van der Waals surface area contributed by atoms with Crippen LogP contribution in [-0.4, -0.2) is 40.4 Å². The standard InChI is InChI=1S/C29H39N3O5/c1-23(13-9-11-19-34-21-25-15-5-3-6-16-25)36-28-30-27(33)31-29(32-28)37-24(2)14-10-12-20-35-22-26-17-7-4-8-18-26/h3-8,15-18,23-24H,9-14,19-22H2,1-2H3,(H,30,31,32,33). The molecule has 2 atom stereocenters. The minimum absolute atomic E-state index is 0.0353. The summed E-state index contributed by atoms with van der Waals surface area (Å²) in [6, 6.07) is 20.4. The highest BCUT2D eigenvalue weighted by Gasteiger charge is 2.12. The van der Waals surface area contributed by atoms with Crippen LogP contribution in [0.3, 0.4) is 0 Å². The van der Waals surface area contributed by atoms with Crippen molar-refractivity contribution >= 4 is 0 Å². The molecule has 0 radical (unpaired) electrons. The fourth-order valence-corrected chi connectivity index (χ4v) is 3.74. The highest BCUT2D eigenvalue weighted by molar-refractivity contribution is 5.14. The minimum atomic E-state index is -0.539. The summed E-state index contributed by atoms with van der Waals surface area (Å²) < 4.78 is 23.0. The van der Waals surface area contributed by atoms with Crippen molar-refractivity contribution in [2.75, 3.05) is 13.2 Å². The van der Waals surface area contributed by atoms with Crippen LogP contribution >= 0.6 is 0 Å². The lowest BCUT2D eigenvalue weighted by atomic mass is 10.2. The maximum absolute atomic E-state index is 12.0. The number of nitrogens with zero attached hydrogens (tertiary/aromatic N) is 2. The fraction of sp³-hybridized carbons (Fsp3) is 0.483. The number of hydrogen-bond acceptors (Lipinski definition) is 7. The highest BCUT2D eigenvalue weighted by atomic mass is 16.5. The number of aromatic nitrogens is 3. The highest BCUT2D eigenvalue weighted by Crippen LogP contribution is 2.13. The summed E-state index contributed by atoms with van der Waals surface area (Å²) >= 11 is 0. The first-order chi connectivity index (χ1) is 18.1. The van der Waals surface area contributed by atoms with E-state index in [4.69, 9.17) is 18.9 Å². The lowest BCUT2D eigenvalue weighted by Gasteiger charge is -2.15. The third-order valence-electron chi connectivity index (χ3n) is 5.75.